The van der Waals surface area contributed by atoms with Gasteiger partial charge in [0.15, 0.2) is 0 Å². The minimum absolute atomic E-state index is 0.0665. The molecule has 0 radical (unpaired) electrons. The van der Waals surface area contributed by atoms with Crippen LogP contribution < -0.4 is 0 Å². The van der Waals surface area contributed by atoms with Crippen molar-refractivity contribution in [3.8, 4) is 0 Å². The molecule has 0 saturated carbocycles. The summed E-state index contributed by atoms with van der Waals surface area (Å²) in [6, 6.07) is -0.220. The topological polar surface area (TPSA) is 65.1 Å². The molecule has 3 rings (SSSR count). The van der Waals surface area contributed by atoms with E-state index in [1.54, 1.807) is 0 Å². The maximum Gasteiger partial charge on any atom is 0.589 e. The molecule has 0 spiro atoms. The Labute approximate surface area is 87.0 Å². The first-order chi connectivity index (χ1) is 7.15. The van der Waals surface area contributed by atoms with Crippen LogP contribution in [0.2, 0.25) is 0 Å². The Morgan fingerprint density at radius 2 is 1.93 bits per heavy atom. The molecular formula is C9H11BO5. The SMILES string of the molecule is CC[C@@H]1O[C@H]1[B-]12OC(=O)C[C+]1CC(=O)O2. The van der Waals surface area contributed by atoms with Crippen molar-refractivity contribution in [3.05, 3.63) is 5.82 Å². The number of epoxide rings is 1. The van der Waals surface area contributed by atoms with Crippen LogP contribution in [-0.2, 0) is 23.6 Å². The van der Waals surface area contributed by atoms with Crippen molar-refractivity contribution in [2.75, 3.05) is 0 Å². The molecule has 0 aliphatic carbocycles. The highest BCUT2D eigenvalue weighted by Gasteiger charge is 2.75. The Morgan fingerprint density at radius 3 is 2.40 bits per heavy atom. The zero-order chi connectivity index (χ0) is 10.6. The van der Waals surface area contributed by atoms with Crippen molar-refractivity contribution in [3.63, 3.8) is 0 Å². The number of fused-ring (bicyclic) bond motifs is 1. The monoisotopic (exact) mass is 210 g/mol. The van der Waals surface area contributed by atoms with Gasteiger partial charge in [-0.1, -0.05) is 6.92 Å². The van der Waals surface area contributed by atoms with Crippen LogP contribution in [0.3, 0.4) is 0 Å². The molecule has 15 heavy (non-hydrogen) atoms. The van der Waals surface area contributed by atoms with Gasteiger partial charge in [0.05, 0.1) is 12.1 Å². The number of carbonyl (C=O) groups excluding carboxylic acids is 2. The van der Waals surface area contributed by atoms with Gasteiger partial charge in [-0.3, -0.25) is 9.59 Å². The van der Waals surface area contributed by atoms with Gasteiger partial charge in [0.25, 0.3) is 0 Å². The van der Waals surface area contributed by atoms with Gasteiger partial charge in [-0.2, -0.15) is 0 Å². The average molecular weight is 210 g/mol. The van der Waals surface area contributed by atoms with Crippen LogP contribution in [0.4, 0.5) is 0 Å². The molecule has 0 aromatic heterocycles. The second kappa shape index (κ2) is 2.69. The van der Waals surface area contributed by atoms with Crippen molar-refractivity contribution < 1.29 is 23.6 Å². The highest BCUT2D eigenvalue weighted by atomic mass is 16.7. The van der Waals surface area contributed by atoms with Crippen LogP contribution >= 0.6 is 0 Å². The van der Waals surface area contributed by atoms with Gasteiger partial charge in [-0.05, 0) is 6.42 Å². The number of rotatable bonds is 2. The highest BCUT2D eigenvalue weighted by Crippen LogP contribution is 2.49. The van der Waals surface area contributed by atoms with Gasteiger partial charge in [0.2, 0.25) is 0 Å². The molecule has 0 N–H and O–H groups in total. The lowest BCUT2D eigenvalue weighted by Crippen LogP contribution is -2.47. The molecular weight excluding hydrogens is 199 g/mol. The van der Waals surface area contributed by atoms with Crippen molar-refractivity contribution in [2.45, 2.75) is 38.3 Å². The summed E-state index contributed by atoms with van der Waals surface area (Å²) >= 11 is 0. The van der Waals surface area contributed by atoms with Gasteiger partial charge in [-0.25, -0.2) is 0 Å². The Kier molecular flexibility index (Phi) is 1.63. The van der Waals surface area contributed by atoms with Crippen LogP contribution in [0.1, 0.15) is 26.2 Å². The predicted molar refractivity (Wildman–Crippen MR) is 49.4 cm³/mol. The standard InChI is InChI=1S/C9H11BO5/c1-2-6-9(13-6)10-5(3-7(11)14-10)4-8(12)15-10/h6,9H,2-4H2,1H3/t6-,9+/m0/s1. The normalized spacial score (nSPS) is 36.2. The minimum Gasteiger partial charge on any atom is -0.612 e. The number of hydrogen-bond donors (Lipinski definition) is 0. The van der Waals surface area contributed by atoms with Gasteiger partial charge in [0, 0.05) is 5.82 Å². The second-order valence-electron chi connectivity index (χ2n) is 4.31. The molecule has 0 amide bonds. The Morgan fingerprint density at radius 1 is 1.33 bits per heavy atom. The van der Waals surface area contributed by atoms with E-state index in [1.807, 2.05) is 6.92 Å². The zero-order valence-electron chi connectivity index (χ0n) is 8.39. The van der Waals surface area contributed by atoms with Crippen molar-refractivity contribution >= 4 is 18.5 Å². The predicted octanol–water partition coefficient (Wildman–Crippen LogP) is 0.153. The fourth-order valence-corrected chi connectivity index (χ4v) is 2.62. The Bertz CT molecular complexity index is 321. The van der Waals surface area contributed by atoms with E-state index in [-0.39, 0.29) is 36.9 Å². The quantitative estimate of drug-likeness (QED) is 0.368. The second-order valence-corrected chi connectivity index (χ2v) is 4.31. The molecule has 3 saturated heterocycles. The van der Waals surface area contributed by atoms with Crippen LogP contribution in [0, 0.1) is 5.82 Å². The smallest absolute Gasteiger partial charge is 0.589 e. The summed E-state index contributed by atoms with van der Waals surface area (Å²) < 4.78 is 15.8. The Balaban J connectivity index is 1.88. The number of carbonyl (C=O) groups is 2. The van der Waals surface area contributed by atoms with E-state index in [1.165, 1.54) is 0 Å². The lowest BCUT2D eigenvalue weighted by molar-refractivity contribution is -0.138. The van der Waals surface area contributed by atoms with Gasteiger partial charge in [0.1, 0.15) is 12.8 Å². The highest BCUT2D eigenvalue weighted by molar-refractivity contribution is 6.81. The molecule has 0 bridgehead atoms. The van der Waals surface area contributed by atoms with E-state index in [9.17, 15) is 9.59 Å². The van der Waals surface area contributed by atoms with E-state index >= 15 is 0 Å². The van der Waals surface area contributed by atoms with E-state index in [4.69, 9.17) is 14.0 Å². The van der Waals surface area contributed by atoms with Gasteiger partial charge < -0.3 is 14.0 Å². The van der Waals surface area contributed by atoms with Crippen LogP contribution in [0.5, 0.6) is 0 Å². The summed E-state index contributed by atoms with van der Waals surface area (Å²) in [5, 5.41) is 0. The third-order valence-corrected chi connectivity index (χ3v) is 3.38. The van der Waals surface area contributed by atoms with E-state index < -0.39 is 6.55 Å². The summed E-state index contributed by atoms with van der Waals surface area (Å²) in [4.78, 5) is 22.4. The van der Waals surface area contributed by atoms with Crippen molar-refractivity contribution in [1.82, 2.24) is 0 Å². The Hall–Kier alpha value is -1.17. The lowest BCUT2D eigenvalue weighted by atomic mass is 9.45. The number of ether oxygens (including phenoxy) is 1. The van der Waals surface area contributed by atoms with E-state index in [2.05, 4.69) is 0 Å². The van der Waals surface area contributed by atoms with E-state index in [0.29, 0.717) is 0 Å². The summed E-state index contributed by atoms with van der Waals surface area (Å²) in [6.45, 7) is 0.0954. The maximum atomic E-state index is 11.2. The van der Waals surface area contributed by atoms with E-state index in [0.717, 1.165) is 12.2 Å². The summed E-state index contributed by atoms with van der Waals surface area (Å²) in [6.07, 6.45) is 1.33. The van der Waals surface area contributed by atoms with Gasteiger partial charge in [-0.15, -0.1) is 0 Å². The molecule has 3 aliphatic heterocycles. The van der Waals surface area contributed by atoms with Crippen molar-refractivity contribution in [1.29, 1.82) is 0 Å². The first-order valence-electron chi connectivity index (χ1n) is 5.24. The average Bonchev–Trinajstić information content (AvgIpc) is 2.81. The van der Waals surface area contributed by atoms with Gasteiger partial charge >= 0.3 is 18.5 Å². The molecule has 3 fully saturated rings. The molecule has 5 nitrogen and oxygen atoms in total. The first-order valence-corrected chi connectivity index (χ1v) is 5.24. The van der Waals surface area contributed by atoms with Crippen LogP contribution in [0.25, 0.3) is 0 Å². The molecule has 80 valence electrons. The van der Waals surface area contributed by atoms with Crippen molar-refractivity contribution in [2.24, 2.45) is 0 Å². The largest absolute Gasteiger partial charge is 0.612 e. The fourth-order valence-electron chi connectivity index (χ4n) is 2.62. The summed E-state index contributed by atoms with van der Waals surface area (Å²) in [5.41, 5.74) is 0. The first kappa shape index (κ1) is 9.09. The third kappa shape index (κ3) is 1.11. The van der Waals surface area contributed by atoms with Crippen LogP contribution in [-0.4, -0.2) is 30.6 Å². The molecule has 2 atom stereocenters. The molecule has 3 aliphatic rings. The third-order valence-electron chi connectivity index (χ3n) is 3.38. The fraction of sp³-hybridized carbons (Fsp3) is 0.667. The molecule has 0 unspecified atom stereocenters. The maximum absolute atomic E-state index is 11.2. The van der Waals surface area contributed by atoms with Crippen LogP contribution in [0.15, 0.2) is 0 Å². The lowest BCUT2D eigenvalue weighted by Gasteiger charge is -2.22. The molecule has 0 aromatic carbocycles. The number of hydrogen-bond acceptors (Lipinski definition) is 5. The molecule has 3 heterocycles. The summed E-state index contributed by atoms with van der Waals surface area (Å²) in [5.74, 6) is 0.177. The minimum atomic E-state index is -1.90. The summed E-state index contributed by atoms with van der Waals surface area (Å²) in [7, 11) is 0. The molecule has 0 aromatic rings. The zero-order valence-corrected chi connectivity index (χ0v) is 8.39. The molecule has 6 heteroatoms.